The quantitative estimate of drug-likeness (QED) is 0.878. The average Bonchev–Trinajstić information content (AvgIpc) is 2.48. The molecule has 0 aromatic heterocycles. The third-order valence-electron chi connectivity index (χ3n) is 5.06. The van der Waals surface area contributed by atoms with Crippen LogP contribution in [0, 0.1) is 23.6 Å². The van der Waals surface area contributed by atoms with Crippen LogP contribution in [0.15, 0.2) is 18.2 Å². The first kappa shape index (κ1) is 16.3. The Labute approximate surface area is 128 Å². The Hall–Kier alpha value is -1.09. The number of methoxy groups -OCH3 is 1. The van der Waals surface area contributed by atoms with Gasteiger partial charge in [0.25, 0.3) is 0 Å². The third-order valence-corrected chi connectivity index (χ3v) is 5.06. The van der Waals surface area contributed by atoms with Crippen LogP contribution in [0.2, 0.25) is 0 Å². The molecule has 118 valence electrons. The SMILES string of the molecule is CNCC1CCC(C(C)C)CC1c1cccc(OC)c1F. The molecule has 1 fully saturated rings. The molecule has 21 heavy (non-hydrogen) atoms. The van der Waals surface area contributed by atoms with E-state index in [1.165, 1.54) is 20.0 Å². The monoisotopic (exact) mass is 293 g/mol. The number of benzene rings is 1. The van der Waals surface area contributed by atoms with Gasteiger partial charge in [-0.1, -0.05) is 26.0 Å². The van der Waals surface area contributed by atoms with Crippen molar-refractivity contribution in [2.75, 3.05) is 20.7 Å². The number of hydrogen-bond acceptors (Lipinski definition) is 2. The van der Waals surface area contributed by atoms with E-state index in [1.807, 2.05) is 19.2 Å². The van der Waals surface area contributed by atoms with Gasteiger partial charge in [0.1, 0.15) is 0 Å². The lowest BCUT2D eigenvalue weighted by Crippen LogP contribution is -2.32. The van der Waals surface area contributed by atoms with E-state index in [9.17, 15) is 4.39 Å². The molecule has 1 aromatic rings. The van der Waals surface area contributed by atoms with Crippen molar-refractivity contribution in [2.45, 2.75) is 39.0 Å². The summed E-state index contributed by atoms with van der Waals surface area (Å²) >= 11 is 0. The Balaban J connectivity index is 2.31. The van der Waals surface area contributed by atoms with Crippen LogP contribution < -0.4 is 10.1 Å². The first-order valence-corrected chi connectivity index (χ1v) is 8.05. The molecule has 1 aliphatic rings. The Morgan fingerprint density at radius 3 is 2.71 bits per heavy atom. The number of hydrogen-bond donors (Lipinski definition) is 1. The summed E-state index contributed by atoms with van der Waals surface area (Å²) in [7, 11) is 3.51. The zero-order valence-corrected chi connectivity index (χ0v) is 13.7. The maximum atomic E-state index is 14.7. The molecule has 2 rings (SSSR count). The second-order valence-corrected chi connectivity index (χ2v) is 6.60. The van der Waals surface area contributed by atoms with E-state index in [0.29, 0.717) is 23.5 Å². The van der Waals surface area contributed by atoms with Gasteiger partial charge in [0.05, 0.1) is 7.11 Å². The summed E-state index contributed by atoms with van der Waals surface area (Å²) in [5.41, 5.74) is 0.833. The molecular formula is C18H28FNO. The first-order chi connectivity index (χ1) is 10.1. The largest absolute Gasteiger partial charge is 0.494 e. The highest BCUT2D eigenvalue weighted by Crippen LogP contribution is 2.44. The van der Waals surface area contributed by atoms with Crippen LogP contribution in [0.3, 0.4) is 0 Å². The molecule has 0 radical (unpaired) electrons. The molecule has 3 unspecified atom stereocenters. The fraction of sp³-hybridized carbons (Fsp3) is 0.667. The van der Waals surface area contributed by atoms with E-state index in [1.54, 1.807) is 6.07 Å². The van der Waals surface area contributed by atoms with Gasteiger partial charge in [-0.15, -0.1) is 0 Å². The fourth-order valence-electron chi connectivity index (χ4n) is 3.73. The van der Waals surface area contributed by atoms with Gasteiger partial charge in [0.15, 0.2) is 11.6 Å². The minimum Gasteiger partial charge on any atom is -0.494 e. The zero-order valence-electron chi connectivity index (χ0n) is 13.7. The second kappa shape index (κ2) is 7.26. The van der Waals surface area contributed by atoms with Crippen LogP contribution in [0.4, 0.5) is 4.39 Å². The summed E-state index contributed by atoms with van der Waals surface area (Å²) in [6.07, 6.45) is 3.51. The summed E-state index contributed by atoms with van der Waals surface area (Å²) in [6, 6.07) is 5.55. The summed E-state index contributed by atoms with van der Waals surface area (Å²) in [5, 5.41) is 3.28. The standard InChI is InChI=1S/C18H28FNO/c1-12(2)13-8-9-14(11-20-3)16(10-13)15-6-5-7-17(21-4)18(15)19/h5-7,12-14,16,20H,8-11H2,1-4H3. The number of ether oxygens (including phenoxy) is 1. The van der Waals surface area contributed by atoms with Gasteiger partial charge in [0, 0.05) is 0 Å². The molecule has 3 heteroatoms. The van der Waals surface area contributed by atoms with Gasteiger partial charge < -0.3 is 10.1 Å². The van der Waals surface area contributed by atoms with E-state index in [-0.39, 0.29) is 11.7 Å². The Bertz CT molecular complexity index is 461. The van der Waals surface area contributed by atoms with Gasteiger partial charge in [0.2, 0.25) is 0 Å². The minimum absolute atomic E-state index is 0.171. The highest BCUT2D eigenvalue weighted by Gasteiger charge is 2.34. The number of halogens is 1. The van der Waals surface area contributed by atoms with Gasteiger partial charge >= 0.3 is 0 Å². The van der Waals surface area contributed by atoms with Crippen LogP contribution in [0.5, 0.6) is 5.75 Å². The van der Waals surface area contributed by atoms with Crippen LogP contribution in [-0.4, -0.2) is 20.7 Å². The molecule has 2 nitrogen and oxygen atoms in total. The Morgan fingerprint density at radius 2 is 2.10 bits per heavy atom. The van der Waals surface area contributed by atoms with E-state index in [2.05, 4.69) is 19.2 Å². The van der Waals surface area contributed by atoms with E-state index in [0.717, 1.165) is 18.5 Å². The maximum absolute atomic E-state index is 14.7. The molecule has 0 amide bonds. The molecule has 3 atom stereocenters. The van der Waals surface area contributed by atoms with Crippen LogP contribution >= 0.6 is 0 Å². The van der Waals surface area contributed by atoms with Crippen LogP contribution in [0.25, 0.3) is 0 Å². The third kappa shape index (κ3) is 3.57. The molecule has 1 N–H and O–H groups in total. The molecule has 0 aliphatic heterocycles. The van der Waals surface area contributed by atoms with E-state index < -0.39 is 0 Å². The molecule has 0 heterocycles. The predicted molar refractivity (Wildman–Crippen MR) is 85.3 cm³/mol. The fourth-order valence-corrected chi connectivity index (χ4v) is 3.73. The van der Waals surface area contributed by atoms with Crippen molar-refractivity contribution in [1.29, 1.82) is 0 Å². The van der Waals surface area contributed by atoms with Gasteiger partial charge in [-0.3, -0.25) is 0 Å². The molecule has 0 spiro atoms. The van der Waals surface area contributed by atoms with Gasteiger partial charge in [-0.2, -0.15) is 0 Å². The maximum Gasteiger partial charge on any atom is 0.168 e. The lowest BCUT2D eigenvalue weighted by Gasteiger charge is -2.38. The average molecular weight is 293 g/mol. The molecule has 1 saturated carbocycles. The molecule has 0 saturated heterocycles. The van der Waals surface area contributed by atoms with Crippen molar-refractivity contribution in [3.05, 3.63) is 29.6 Å². The van der Waals surface area contributed by atoms with Crippen molar-refractivity contribution >= 4 is 0 Å². The summed E-state index contributed by atoms with van der Waals surface area (Å²) in [4.78, 5) is 0. The predicted octanol–water partition coefficient (Wildman–Crippen LogP) is 4.21. The topological polar surface area (TPSA) is 21.3 Å². The summed E-state index contributed by atoms with van der Waals surface area (Å²) in [5.74, 6) is 2.34. The van der Waals surface area contributed by atoms with Crippen molar-refractivity contribution in [2.24, 2.45) is 17.8 Å². The molecule has 0 bridgehead atoms. The zero-order chi connectivity index (χ0) is 15.4. The van der Waals surface area contributed by atoms with Crippen LogP contribution in [-0.2, 0) is 0 Å². The highest BCUT2D eigenvalue weighted by molar-refractivity contribution is 5.34. The van der Waals surface area contributed by atoms with Gasteiger partial charge in [-0.25, -0.2) is 4.39 Å². The number of rotatable bonds is 5. The van der Waals surface area contributed by atoms with Crippen molar-refractivity contribution in [3.63, 3.8) is 0 Å². The Kier molecular flexibility index (Phi) is 5.63. The lowest BCUT2D eigenvalue weighted by atomic mass is 9.68. The first-order valence-electron chi connectivity index (χ1n) is 8.05. The smallest absolute Gasteiger partial charge is 0.168 e. The Morgan fingerprint density at radius 1 is 1.33 bits per heavy atom. The molecular weight excluding hydrogens is 265 g/mol. The van der Waals surface area contributed by atoms with E-state index in [4.69, 9.17) is 4.74 Å². The van der Waals surface area contributed by atoms with Crippen molar-refractivity contribution < 1.29 is 9.13 Å². The molecule has 1 aliphatic carbocycles. The van der Waals surface area contributed by atoms with Crippen molar-refractivity contribution in [3.8, 4) is 5.75 Å². The molecule has 1 aromatic carbocycles. The van der Waals surface area contributed by atoms with Crippen molar-refractivity contribution in [1.82, 2.24) is 5.32 Å². The number of nitrogens with one attached hydrogen (secondary N) is 1. The lowest BCUT2D eigenvalue weighted by molar-refractivity contribution is 0.189. The normalized spacial score (nSPS) is 26.1. The van der Waals surface area contributed by atoms with Crippen LogP contribution in [0.1, 0.15) is 44.6 Å². The highest BCUT2D eigenvalue weighted by atomic mass is 19.1. The van der Waals surface area contributed by atoms with E-state index >= 15 is 0 Å². The second-order valence-electron chi connectivity index (χ2n) is 6.60. The van der Waals surface area contributed by atoms with Gasteiger partial charge in [-0.05, 0) is 68.2 Å². The summed E-state index contributed by atoms with van der Waals surface area (Å²) < 4.78 is 19.8. The minimum atomic E-state index is -0.171. The summed E-state index contributed by atoms with van der Waals surface area (Å²) in [6.45, 7) is 5.51.